The number of carboxylic acid groups (broad SMARTS) is 1. The van der Waals surface area contributed by atoms with Crippen LogP contribution in [0.4, 0.5) is 10.1 Å². The van der Waals surface area contributed by atoms with Crippen LogP contribution >= 0.6 is 0 Å². The highest BCUT2D eigenvalue weighted by atomic mass is 19.1. The van der Waals surface area contributed by atoms with Crippen LogP contribution in [-0.2, 0) is 9.53 Å². The summed E-state index contributed by atoms with van der Waals surface area (Å²) in [5.74, 6) is -2.57. The van der Waals surface area contributed by atoms with Crippen molar-refractivity contribution in [3.63, 3.8) is 0 Å². The Hall–Kier alpha value is -2.11. The zero-order valence-electron chi connectivity index (χ0n) is 9.20. The Balaban J connectivity index is 2.82. The highest BCUT2D eigenvalue weighted by Gasteiger charge is 2.14. The maximum Gasteiger partial charge on any atom is 0.337 e. The Labute approximate surface area is 97.2 Å². The van der Waals surface area contributed by atoms with Gasteiger partial charge >= 0.3 is 11.9 Å². The predicted molar refractivity (Wildman–Crippen MR) is 58.5 cm³/mol. The number of carbonyl (C=O) groups excluding carboxylic acids is 1. The van der Waals surface area contributed by atoms with Crippen LogP contribution in [0.3, 0.4) is 0 Å². The van der Waals surface area contributed by atoms with Gasteiger partial charge < -0.3 is 15.2 Å². The number of nitrogens with one attached hydrogen (secondary N) is 1. The minimum Gasteiger partial charge on any atom is -0.478 e. The second-order valence-corrected chi connectivity index (χ2v) is 3.13. The first-order valence-electron chi connectivity index (χ1n) is 4.97. The Morgan fingerprint density at radius 1 is 1.47 bits per heavy atom. The molecule has 0 saturated carbocycles. The average molecular weight is 241 g/mol. The number of carbonyl (C=O) groups is 2. The van der Waals surface area contributed by atoms with Crippen molar-refractivity contribution in [3.05, 3.63) is 29.6 Å². The summed E-state index contributed by atoms with van der Waals surface area (Å²) < 4.78 is 18.0. The van der Waals surface area contributed by atoms with Crippen LogP contribution in [0, 0.1) is 5.82 Å². The van der Waals surface area contributed by atoms with E-state index in [1.54, 1.807) is 6.92 Å². The molecule has 0 saturated heterocycles. The first kappa shape index (κ1) is 13.0. The SMILES string of the molecule is CCOC(=O)CNc1c(F)cccc1C(=O)O. The van der Waals surface area contributed by atoms with Crippen LogP contribution in [0.1, 0.15) is 17.3 Å². The van der Waals surface area contributed by atoms with Crippen molar-refractivity contribution < 1.29 is 23.8 Å². The molecule has 17 heavy (non-hydrogen) atoms. The molecule has 1 rings (SSSR count). The second kappa shape index (κ2) is 5.83. The van der Waals surface area contributed by atoms with E-state index >= 15 is 0 Å². The zero-order valence-corrected chi connectivity index (χ0v) is 9.20. The Morgan fingerprint density at radius 2 is 2.18 bits per heavy atom. The van der Waals surface area contributed by atoms with Crippen LogP contribution in [0.15, 0.2) is 18.2 Å². The van der Waals surface area contributed by atoms with Crippen LogP contribution in [-0.4, -0.2) is 30.2 Å². The number of aromatic carboxylic acids is 1. The first-order valence-corrected chi connectivity index (χ1v) is 4.97. The molecule has 2 N–H and O–H groups in total. The van der Waals surface area contributed by atoms with Gasteiger partial charge in [-0.3, -0.25) is 4.79 Å². The van der Waals surface area contributed by atoms with E-state index in [1.165, 1.54) is 12.1 Å². The lowest BCUT2D eigenvalue weighted by molar-refractivity contribution is -0.140. The molecule has 1 aromatic carbocycles. The summed E-state index contributed by atoms with van der Waals surface area (Å²) in [4.78, 5) is 21.9. The molecule has 0 radical (unpaired) electrons. The molecule has 5 nitrogen and oxygen atoms in total. The fourth-order valence-electron chi connectivity index (χ4n) is 1.25. The number of carboxylic acids is 1. The van der Waals surface area contributed by atoms with Gasteiger partial charge in [-0.25, -0.2) is 9.18 Å². The monoisotopic (exact) mass is 241 g/mol. The molecule has 0 aliphatic heterocycles. The molecule has 0 bridgehead atoms. The van der Waals surface area contributed by atoms with Crippen molar-refractivity contribution in [1.82, 2.24) is 0 Å². The Kier molecular flexibility index (Phi) is 4.45. The van der Waals surface area contributed by atoms with Gasteiger partial charge in [-0.15, -0.1) is 0 Å². The molecular weight excluding hydrogens is 229 g/mol. The minimum atomic E-state index is -1.27. The summed E-state index contributed by atoms with van der Waals surface area (Å²) in [6.07, 6.45) is 0. The number of ether oxygens (including phenoxy) is 1. The van der Waals surface area contributed by atoms with E-state index in [0.29, 0.717) is 0 Å². The molecule has 0 aromatic heterocycles. The van der Waals surface area contributed by atoms with Crippen LogP contribution in [0.5, 0.6) is 0 Å². The van der Waals surface area contributed by atoms with Gasteiger partial charge in [0.25, 0.3) is 0 Å². The predicted octanol–water partition coefficient (Wildman–Crippen LogP) is 1.50. The number of hydrogen-bond donors (Lipinski definition) is 2. The number of rotatable bonds is 5. The van der Waals surface area contributed by atoms with Crippen molar-refractivity contribution in [2.75, 3.05) is 18.5 Å². The van der Waals surface area contributed by atoms with Crippen LogP contribution < -0.4 is 5.32 Å². The number of anilines is 1. The molecule has 0 amide bonds. The fourth-order valence-corrected chi connectivity index (χ4v) is 1.25. The summed E-state index contributed by atoms with van der Waals surface area (Å²) in [6.45, 7) is 1.57. The van der Waals surface area contributed by atoms with E-state index in [4.69, 9.17) is 5.11 Å². The first-order chi connectivity index (χ1) is 8.06. The third-order valence-electron chi connectivity index (χ3n) is 1.96. The van der Waals surface area contributed by atoms with Gasteiger partial charge in [-0.1, -0.05) is 6.07 Å². The number of benzene rings is 1. The van der Waals surface area contributed by atoms with Crippen molar-refractivity contribution in [1.29, 1.82) is 0 Å². The van der Waals surface area contributed by atoms with Gasteiger partial charge in [-0.2, -0.15) is 0 Å². The van der Waals surface area contributed by atoms with Crippen molar-refractivity contribution >= 4 is 17.6 Å². The molecule has 0 unspecified atom stereocenters. The standard InChI is InChI=1S/C11H12FNO4/c1-2-17-9(14)6-13-10-7(11(15)16)4-3-5-8(10)12/h3-5,13H,2,6H2,1H3,(H,15,16). The molecule has 0 heterocycles. The lowest BCUT2D eigenvalue weighted by Gasteiger charge is -2.09. The largest absolute Gasteiger partial charge is 0.478 e. The van der Waals surface area contributed by atoms with E-state index in [-0.39, 0.29) is 24.4 Å². The van der Waals surface area contributed by atoms with Gasteiger partial charge in [0.2, 0.25) is 0 Å². The maximum absolute atomic E-state index is 13.4. The smallest absolute Gasteiger partial charge is 0.337 e. The van der Waals surface area contributed by atoms with Gasteiger partial charge in [-0.05, 0) is 19.1 Å². The van der Waals surface area contributed by atoms with E-state index in [0.717, 1.165) is 6.07 Å². The minimum absolute atomic E-state index is 0.212. The molecule has 6 heteroatoms. The summed E-state index contributed by atoms with van der Waals surface area (Å²) >= 11 is 0. The number of halogens is 1. The fraction of sp³-hybridized carbons (Fsp3) is 0.273. The van der Waals surface area contributed by atoms with E-state index in [2.05, 4.69) is 10.1 Å². The summed E-state index contributed by atoms with van der Waals surface area (Å²) in [5.41, 5.74) is -0.442. The molecule has 1 aromatic rings. The topological polar surface area (TPSA) is 75.6 Å². The number of esters is 1. The van der Waals surface area contributed by atoms with Crippen LogP contribution in [0.25, 0.3) is 0 Å². The quantitative estimate of drug-likeness (QED) is 0.764. The van der Waals surface area contributed by atoms with E-state index in [9.17, 15) is 14.0 Å². The lowest BCUT2D eigenvalue weighted by atomic mass is 10.1. The zero-order chi connectivity index (χ0) is 12.8. The van der Waals surface area contributed by atoms with Crippen molar-refractivity contribution in [3.8, 4) is 0 Å². The van der Waals surface area contributed by atoms with Gasteiger partial charge in [0.1, 0.15) is 12.4 Å². The second-order valence-electron chi connectivity index (χ2n) is 3.13. The summed E-state index contributed by atoms with van der Waals surface area (Å²) in [7, 11) is 0. The van der Waals surface area contributed by atoms with Gasteiger partial charge in [0.05, 0.1) is 17.9 Å². The molecular formula is C11H12FNO4. The number of para-hydroxylation sites is 1. The molecule has 0 spiro atoms. The van der Waals surface area contributed by atoms with Crippen LogP contribution in [0.2, 0.25) is 0 Å². The molecule has 0 fully saturated rings. The van der Waals surface area contributed by atoms with Crippen molar-refractivity contribution in [2.24, 2.45) is 0 Å². The van der Waals surface area contributed by atoms with E-state index in [1.807, 2.05) is 0 Å². The van der Waals surface area contributed by atoms with E-state index < -0.39 is 17.8 Å². The lowest BCUT2D eigenvalue weighted by Crippen LogP contribution is -2.19. The molecule has 0 atom stereocenters. The number of hydrogen-bond acceptors (Lipinski definition) is 4. The Bertz CT molecular complexity index is 433. The van der Waals surface area contributed by atoms with Gasteiger partial charge in [0.15, 0.2) is 0 Å². The Morgan fingerprint density at radius 3 is 2.76 bits per heavy atom. The molecule has 92 valence electrons. The highest BCUT2D eigenvalue weighted by Crippen LogP contribution is 2.19. The summed E-state index contributed by atoms with van der Waals surface area (Å²) in [6, 6.07) is 3.65. The molecule has 0 aliphatic rings. The third kappa shape index (κ3) is 3.44. The molecule has 0 aliphatic carbocycles. The normalized spacial score (nSPS) is 9.76. The summed E-state index contributed by atoms with van der Waals surface area (Å²) in [5, 5.41) is 11.3. The van der Waals surface area contributed by atoms with Gasteiger partial charge in [0, 0.05) is 0 Å². The maximum atomic E-state index is 13.4. The van der Waals surface area contributed by atoms with Crippen molar-refractivity contribution in [2.45, 2.75) is 6.92 Å². The average Bonchev–Trinajstić information content (AvgIpc) is 2.27. The highest BCUT2D eigenvalue weighted by molar-refractivity contribution is 5.94. The third-order valence-corrected chi connectivity index (χ3v) is 1.96.